The second-order valence-electron chi connectivity index (χ2n) is 9.87. The summed E-state index contributed by atoms with van der Waals surface area (Å²) in [6.45, 7) is 7.57. The smallest absolute Gasteiger partial charge is 0.124 e. The van der Waals surface area contributed by atoms with Crippen molar-refractivity contribution >= 4 is 28.1 Å². The first-order chi connectivity index (χ1) is 18.7. The molecule has 0 aromatic heterocycles. The minimum absolute atomic E-state index is 0.232. The first-order valence-electron chi connectivity index (χ1n) is 13.5. The van der Waals surface area contributed by atoms with Gasteiger partial charge in [0.25, 0.3) is 0 Å². The molecule has 198 valence electrons. The Morgan fingerprint density at radius 3 is 2.37 bits per heavy atom. The number of hydrogen-bond donors (Lipinski definition) is 1. The Morgan fingerprint density at radius 1 is 0.816 bits per heavy atom. The van der Waals surface area contributed by atoms with Crippen LogP contribution in [0.5, 0.6) is 5.75 Å². The number of anilines is 1. The number of ether oxygens (including phenoxy) is 1. The van der Waals surface area contributed by atoms with E-state index in [1.54, 1.807) is 12.1 Å². The summed E-state index contributed by atoms with van der Waals surface area (Å²) in [5, 5.41) is 6.84. The predicted molar refractivity (Wildman–Crippen MR) is 156 cm³/mol. The van der Waals surface area contributed by atoms with Gasteiger partial charge in [-0.1, -0.05) is 54.1 Å². The third-order valence-corrected chi connectivity index (χ3v) is 7.50. The third kappa shape index (κ3) is 7.04. The number of hydrogen-bond acceptors (Lipinski definition) is 4. The molecule has 4 aromatic rings. The molecule has 5 rings (SSSR count). The maximum absolute atomic E-state index is 13.3. The molecular weight excluding hydrogens is 497 g/mol. The van der Waals surface area contributed by atoms with Gasteiger partial charge in [-0.15, -0.1) is 0 Å². The average molecular weight is 532 g/mol. The maximum Gasteiger partial charge on any atom is 0.124 e. The molecule has 6 heteroatoms. The molecular formula is C32H35ClFN3O. The fraction of sp³-hybridized carbons (Fsp3) is 0.312. The van der Waals surface area contributed by atoms with Crippen LogP contribution >= 0.6 is 11.6 Å². The SMILES string of the molecule is Fc1ccc(COc2ccc3ccccc3c2CNCCCCN2CCN(c3ccc(Cl)cc3)CC2)cc1. The molecule has 0 radical (unpaired) electrons. The first kappa shape index (κ1) is 26.5. The standard InChI is InChI=1S/C32H35ClFN3O/c33-27-10-14-29(15-11-27)37-21-19-36(20-22-37)18-4-3-17-35-23-31-30-6-2-1-5-26(30)9-16-32(31)38-24-25-7-12-28(34)13-8-25/h1-2,5-16,35H,3-4,17-24H2. The van der Waals surface area contributed by atoms with Crippen molar-refractivity contribution in [3.63, 3.8) is 0 Å². The summed E-state index contributed by atoms with van der Waals surface area (Å²) < 4.78 is 19.5. The van der Waals surface area contributed by atoms with Gasteiger partial charge in [0.15, 0.2) is 0 Å². The van der Waals surface area contributed by atoms with E-state index < -0.39 is 0 Å². The van der Waals surface area contributed by atoms with Crippen molar-refractivity contribution in [1.29, 1.82) is 0 Å². The Bertz CT molecular complexity index is 1300. The number of benzene rings is 4. The Labute approximate surface area is 230 Å². The van der Waals surface area contributed by atoms with Gasteiger partial charge in [0.1, 0.15) is 18.2 Å². The van der Waals surface area contributed by atoms with Crippen LogP contribution in [0.1, 0.15) is 24.0 Å². The lowest BCUT2D eigenvalue weighted by Gasteiger charge is -2.36. The highest BCUT2D eigenvalue weighted by atomic mass is 35.5. The van der Waals surface area contributed by atoms with E-state index in [1.807, 2.05) is 18.2 Å². The monoisotopic (exact) mass is 531 g/mol. The van der Waals surface area contributed by atoms with E-state index in [0.717, 1.165) is 68.6 Å². The number of fused-ring (bicyclic) bond motifs is 1. The van der Waals surface area contributed by atoms with Crippen LogP contribution < -0.4 is 15.0 Å². The van der Waals surface area contributed by atoms with Crippen molar-refractivity contribution in [3.8, 4) is 5.75 Å². The van der Waals surface area contributed by atoms with E-state index in [9.17, 15) is 4.39 Å². The lowest BCUT2D eigenvalue weighted by atomic mass is 10.0. The van der Waals surface area contributed by atoms with Gasteiger partial charge in [-0.2, -0.15) is 0 Å². The zero-order chi connectivity index (χ0) is 26.2. The minimum atomic E-state index is -0.232. The van der Waals surface area contributed by atoms with Crippen molar-refractivity contribution in [2.24, 2.45) is 0 Å². The molecule has 4 aromatic carbocycles. The van der Waals surface area contributed by atoms with Crippen molar-refractivity contribution in [2.45, 2.75) is 26.0 Å². The molecule has 0 atom stereocenters. The van der Waals surface area contributed by atoms with Crippen LogP contribution in [0.3, 0.4) is 0 Å². The van der Waals surface area contributed by atoms with Crippen molar-refractivity contribution in [2.75, 3.05) is 44.2 Å². The van der Waals surface area contributed by atoms with Gasteiger partial charge in [-0.25, -0.2) is 4.39 Å². The third-order valence-electron chi connectivity index (χ3n) is 7.25. The number of nitrogens with zero attached hydrogens (tertiary/aromatic N) is 2. The van der Waals surface area contributed by atoms with Crippen molar-refractivity contribution in [1.82, 2.24) is 10.2 Å². The Morgan fingerprint density at radius 2 is 1.58 bits per heavy atom. The fourth-order valence-corrected chi connectivity index (χ4v) is 5.18. The second-order valence-corrected chi connectivity index (χ2v) is 10.3. The summed E-state index contributed by atoms with van der Waals surface area (Å²) in [7, 11) is 0. The molecule has 0 unspecified atom stereocenters. The number of piperazine rings is 1. The second kappa shape index (κ2) is 13.1. The molecule has 1 N–H and O–H groups in total. The molecule has 0 amide bonds. The number of rotatable bonds is 11. The van der Waals surface area contributed by atoms with Gasteiger partial charge in [-0.3, -0.25) is 4.90 Å². The van der Waals surface area contributed by atoms with E-state index in [0.29, 0.717) is 6.61 Å². The average Bonchev–Trinajstić information content (AvgIpc) is 2.95. The maximum atomic E-state index is 13.3. The Kier molecular flexibility index (Phi) is 9.13. The van der Waals surface area contributed by atoms with Crippen LogP contribution in [0.2, 0.25) is 5.02 Å². The van der Waals surface area contributed by atoms with E-state index in [2.05, 4.69) is 57.6 Å². The lowest BCUT2D eigenvalue weighted by molar-refractivity contribution is 0.252. The van der Waals surface area contributed by atoms with Gasteiger partial charge in [0.2, 0.25) is 0 Å². The molecule has 1 heterocycles. The molecule has 0 bridgehead atoms. The highest BCUT2D eigenvalue weighted by Crippen LogP contribution is 2.29. The van der Waals surface area contributed by atoms with Crippen LogP contribution in [-0.4, -0.2) is 44.2 Å². The molecule has 0 saturated carbocycles. The predicted octanol–water partition coefficient (Wildman–Crippen LogP) is 6.90. The summed E-state index contributed by atoms with van der Waals surface area (Å²) in [5.41, 5.74) is 3.38. The molecule has 4 nitrogen and oxygen atoms in total. The van der Waals surface area contributed by atoms with E-state index in [1.165, 1.54) is 40.6 Å². The Balaban J connectivity index is 1.08. The normalized spacial score (nSPS) is 14.2. The zero-order valence-electron chi connectivity index (χ0n) is 21.7. The van der Waals surface area contributed by atoms with Crippen LogP contribution in [-0.2, 0) is 13.2 Å². The fourth-order valence-electron chi connectivity index (χ4n) is 5.06. The zero-order valence-corrected chi connectivity index (χ0v) is 22.5. The van der Waals surface area contributed by atoms with Crippen LogP contribution in [0, 0.1) is 5.82 Å². The molecule has 1 fully saturated rings. The van der Waals surface area contributed by atoms with Crippen molar-refractivity contribution < 1.29 is 9.13 Å². The summed E-state index contributed by atoms with van der Waals surface area (Å²) in [6.07, 6.45) is 2.31. The number of nitrogens with one attached hydrogen (secondary N) is 1. The van der Waals surface area contributed by atoms with Crippen LogP contribution in [0.25, 0.3) is 10.8 Å². The number of unbranched alkanes of at least 4 members (excludes halogenated alkanes) is 1. The summed E-state index contributed by atoms with van der Waals surface area (Å²) in [4.78, 5) is 5.01. The lowest BCUT2D eigenvalue weighted by Crippen LogP contribution is -2.46. The Hall–Kier alpha value is -3.12. The van der Waals surface area contributed by atoms with Gasteiger partial charge >= 0.3 is 0 Å². The minimum Gasteiger partial charge on any atom is -0.489 e. The quantitative estimate of drug-likeness (QED) is 0.213. The van der Waals surface area contributed by atoms with E-state index >= 15 is 0 Å². The summed E-state index contributed by atoms with van der Waals surface area (Å²) in [5.74, 6) is 0.642. The molecule has 0 spiro atoms. The molecule has 1 aliphatic rings. The summed E-state index contributed by atoms with van der Waals surface area (Å²) in [6, 6.07) is 27.2. The molecule has 1 saturated heterocycles. The van der Waals surface area contributed by atoms with Crippen LogP contribution in [0.4, 0.5) is 10.1 Å². The molecule has 38 heavy (non-hydrogen) atoms. The van der Waals surface area contributed by atoms with E-state index in [-0.39, 0.29) is 5.82 Å². The van der Waals surface area contributed by atoms with Gasteiger partial charge < -0.3 is 15.0 Å². The van der Waals surface area contributed by atoms with Crippen molar-refractivity contribution in [3.05, 3.63) is 107 Å². The van der Waals surface area contributed by atoms with E-state index in [4.69, 9.17) is 16.3 Å². The molecule has 0 aliphatic carbocycles. The highest BCUT2D eigenvalue weighted by Gasteiger charge is 2.16. The first-order valence-corrected chi connectivity index (χ1v) is 13.8. The number of halogens is 2. The van der Waals surface area contributed by atoms with Gasteiger partial charge in [0.05, 0.1) is 0 Å². The largest absolute Gasteiger partial charge is 0.489 e. The highest BCUT2D eigenvalue weighted by molar-refractivity contribution is 6.30. The topological polar surface area (TPSA) is 27.7 Å². The van der Waals surface area contributed by atoms with Gasteiger partial charge in [-0.05, 0) is 84.7 Å². The molecule has 1 aliphatic heterocycles. The van der Waals surface area contributed by atoms with Gasteiger partial charge in [0, 0.05) is 49.0 Å². The summed E-state index contributed by atoms with van der Waals surface area (Å²) >= 11 is 6.03. The van der Waals surface area contributed by atoms with Crippen LogP contribution in [0.15, 0.2) is 84.9 Å².